The Labute approximate surface area is 130 Å². The van der Waals surface area contributed by atoms with Gasteiger partial charge in [0, 0.05) is 15.8 Å². The van der Waals surface area contributed by atoms with Gasteiger partial charge in [-0.25, -0.2) is 0 Å². The number of aryl methyl sites for hydroxylation is 1. The van der Waals surface area contributed by atoms with E-state index in [0.717, 1.165) is 4.88 Å². The van der Waals surface area contributed by atoms with Crippen molar-refractivity contribution in [3.05, 3.63) is 54.2 Å². The minimum atomic E-state index is -0.475. The van der Waals surface area contributed by atoms with Gasteiger partial charge in [-0.15, -0.1) is 11.3 Å². The fourth-order valence-corrected chi connectivity index (χ4v) is 2.99. The summed E-state index contributed by atoms with van der Waals surface area (Å²) < 4.78 is 0. The Balaban J connectivity index is 2.33. The molecule has 0 aliphatic rings. The Kier molecular flexibility index (Phi) is 4.52. The molecular formula is C13H12Cl2N2O2S. The number of rotatable bonds is 4. The van der Waals surface area contributed by atoms with Crippen molar-refractivity contribution in [3.63, 3.8) is 0 Å². The molecular weight excluding hydrogens is 319 g/mol. The van der Waals surface area contributed by atoms with Crippen LogP contribution in [-0.2, 0) is 0 Å². The first kappa shape index (κ1) is 15.1. The highest BCUT2D eigenvalue weighted by Gasteiger charge is 2.19. The number of thiophene rings is 1. The minimum Gasteiger partial charge on any atom is -0.372 e. The number of hydrogen-bond acceptors (Lipinski definition) is 4. The molecule has 0 saturated carbocycles. The molecule has 1 atom stereocenters. The van der Waals surface area contributed by atoms with Crippen LogP contribution in [0.15, 0.2) is 24.3 Å². The van der Waals surface area contributed by atoms with E-state index in [4.69, 9.17) is 23.2 Å². The van der Waals surface area contributed by atoms with Crippen LogP contribution < -0.4 is 5.32 Å². The molecule has 2 aromatic rings. The van der Waals surface area contributed by atoms with Crippen LogP contribution >= 0.6 is 34.5 Å². The predicted molar refractivity (Wildman–Crippen MR) is 84.2 cm³/mol. The Morgan fingerprint density at radius 3 is 2.50 bits per heavy atom. The van der Waals surface area contributed by atoms with E-state index in [1.807, 2.05) is 26.0 Å². The Morgan fingerprint density at radius 2 is 1.95 bits per heavy atom. The first-order chi connectivity index (χ1) is 9.38. The number of nitro benzene ring substituents is 1. The average molecular weight is 331 g/mol. The molecule has 7 heteroatoms. The van der Waals surface area contributed by atoms with Gasteiger partial charge < -0.3 is 5.32 Å². The zero-order valence-corrected chi connectivity index (χ0v) is 13.1. The largest absolute Gasteiger partial charge is 0.372 e. The highest BCUT2D eigenvalue weighted by atomic mass is 35.5. The number of benzene rings is 1. The molecule has 0 bridgehead atoms. The van der Waals surface area contributed by atoms with Gasteiger partial charge in [-0.2, -0.15) is 0 Å². The zero-order chi connectivity index (χ0) is 14.9. The molecule has 0 spiro atoms. The molecule has 0 amide bonds. The van der Waals surface area contributed by atoms with Gasteiger partial charge in [0.25, 0.3) is 5.69 Å². The zero-order valence-electron chi connectivity index (χ0n) is 10.8. The maximum absolute atomic E-state index is 11.1. The normalized spacial score (nSPS) is 12.2. The molecule has 0 radical (unpaired) electrons. The summed E-state index contributed by atoms with van der Waals surface area (Å²) in [4.78, 5) is 12.9. The van der Waals surface area contributed by atoms with E-state index in [0.29, 0.717) is 5.69 Å². The number of nitrogens with zero attached hydrogens (tertiary/aromatic N) is 1. The Bertz CT molecular complexity index is 658. The Hall–Kier alpha value is -1.30. The lowest BCUT2D eigenvalue weighted by Crippen LogP contribution is -2.07. The van der Waals surface area contributed by atoms with Crippen LogP contribution in [-0.4, -0.2) is 4.92 Å². The van der Waals surface area contributed by atoms with Crippen LogP contribution in [0.2, 0.25) is 10.0 Å². The maximum Gasteiger partial charge on any atom is 0.293 e. The molecule has 1 N–H and O–H groups in total. The summed E-state index contributed by atoms with van der Waals surface area (Å²) in [5, 5.41) is 14.6. The maximum atomic E-state index is 11.1. The first-order valence-corrected chi connectivity index (χ1v) is 7.42. The third kappa shape index (κ3) is 3.23. The number of hydrogen-bond donors (Lipinski definition) is 1. The second-order valence-electron chi connectivity index (χ2n) is 4.36. The molecule has 0 fully saturated rings. The van der Waals surface area contributed by atoms with Gasteiger partial charge in [-0.05, 0) is 32.0 Å². The molecule has 0 aliphatic heterocycles. The highest BCUT2D eigenvalue weighted by Crippen LogP contribution is 2.36. The average Bonchev–Trinajstić information content (AvgIpc) is 2.80. The molecule has 1 heterocycles. The Morgan fingerprint density at radius 1 is 1.30 bits per heavy atom. The van der Waals surface area contributed by atoms with Gasteiger partial charge in [0.1, 0.15) is 5.69 Å². The van der Waals surface area contributed by atoms with E-state index in [1.165, 1.54) is 17.0 Å². The second kappa shape index (κ2) is 5.99. The summed E-state index contributed by atoms with van der Waals surface area (Å²) in [5.41, 5.74) is 0.280. The van der Waals surface area contributed by atoms with Crippen molar-refractivity contribution in [2.24, 2.45) is 0 Å². The summed E-state index contributed by atoms with van der Waals surface area (Å²) >= 11 is 13.4. The lowest BCUT2D eigenvalue weighted by Gasteiger charge is -2.14. The third-order valence-electron chi connectivity index (χ3n) is 2.80. The second-order valence-corrected chi connectivity index (χ2v) is 6.49. The van der Waals surface area contributed by atoms with Crippen LogP contribution in [0.25, 0.3) is 0 Å². The molecule has 1 aromatic carbocycles. The first-order valence-electron chi connectivity index (χ1n) is 5.85. The van der Waals surface area contributed by atoms with Crippen LogP contribution in [0.1, 0.15) is 22.7 Å². The summed E-state index contributed by atoms with van der Waals surface area (Å²) in [6.07, 6.45) is 0. The van der Waals surface area contributed by atoms with Crippen LogP contribution in [0, 0.1) is 17.0 Å². The van der Waals surface area contributed by atoms with Crippen molar-refractivity contribution in [2.45, 2.75) is 19.9 Å². The van der Waals surface area contributed by atoms with Crippen molar-refractivity contribution in [1.82, 2.24) is 0 Å². The van der Waals surface area contributed by atoms with Crippen molar-refractivity contribution in [1.29, 1.82) is 0 Å². The van der Waals surface area contributed by atoms with E-state index in [1.54, 1.807) is 11.3 Å². The topological polar surface area (TPSA) is 55.2 Å². The minimum absolute atomic E-state index is 0.0513. The molecule has 106 valence electrons. The van der Waals surface area contributed by atoms with Gasteiger partial charge in [0.15, 0.2) is 0 Å². The van der Waals surface area contributed by atoms with Gasteiger partial charge in [0.05, 0.1) is 21.0 Å². The highest BCUT2D eigenvalue weighted by molar-refractivity contribution is 7.12. The number of nitro groups is 1. The molecule has 4 nitrogen and oxygen atoms in total. The van der Waals surface area contributed by atoms with Gasteiger partial charge >= 0.3 is 0 Å². The SMILES string of the molecule is Cc1ccc(C(C)Nc2cc(Cl)c(Cl)cc2[N+](=O)[O-])s1. The monoisotopic (exact) mass is 330 g/mol. The summed E-state index contributed by atoms with van der Waals surface area (Å²) in [6.45, 7) is 3.96. The van der Waals surface area contributed by atoms with E-state index < -0.39 is 4.92 Å². The van der Waals surface area contributed by atoms with Gasteiger partial charge in [-0.1, -0.05) is 23.2 Å². The van der Waals surface area contributed by atoms with Crippen molar-refractivity contribution >= 4 is 45.9 Å². The number of halogens is 2. The fraction of sp³-hybridized carbons (Fsp3) is 0.231. The van der Waals surface area contributed by atoms with Crippen molar-refractivity contribution in [3.8, 4) is 0 Å². The summed E-state index contributed by atoms with van der Waals surface area (Å²) in [7, 11) is 0. The van der Waals surface area contributed by atoms with Crippen LogP contribution in [0.3, 0.4) is 0 Å². The lowest BCUT2D eigenvalue weighted by atomic mass is 10.2. The molecule has 1 unspecified atom stereocenters. The van der Waals surface area contributed by atoms with Gasteiger partial charge in [0.2, 0.25) is 0 Å². The molecule has 1 aromatic heterocycles. The summed E-state index contributed by atoms with van der Waals surface area (Å²) in [5.74, 6) is 0. The third-order valence-corrected chi connectivity index (χ3v) is 4.70. The standard InChI is InChI=1S/C13H12Cl2N2O2S/c1-7-3-4-13(20-7)8(2)16-11-5-9(14)10(15)6-12(11)17(18)19/h3-6,8,16H,1-2H3. The van der Waals surface area contributed by atoms with Gasteiger partial charge in [-0.3, -0.25) is 10.1 Å². The molecule has 20 heavy (non-hydrogen) atoms. The lowest BCUT2D eigenvalue weighted by molar-refractivity contribution is -0.384. The summed E-state index contributed by atoms with van der Waals surface area (Å²) in [6, 6.07) is 6.71. The van der Waals surface area contributed by atoms with E-state index in [9.17, 15) is 10.1 Å². The fourth-order valence-electron chi connectivity index (χ4n) is 1.79. The predicted octanol–water partition coefficient (Wildman–Crippen LogP) is 5.44. The number of nitrogens with one attached hydrogen (secondary N) is 1. The van der Waals surface area contributed by atoms with E-state index in [-0.39, 0.29) is 21.8 Å². The van der Waals surface area contributed by atoms with Crippen molar-refractivity contribution < 1.29 is 4.92 Å². The van der Waals surface area contributed by atoms with Crippen molar-refractivity contribution in [2.75, 3.05) is 5.32 Å². The molecule has 2 rings (SSSR count). The van der Waals surface area contributed by atoms with E-state index >= 15 is 0 Å². The smallest absolute Gasteiger partial charge is 0.293 e. The van der Waals surface area contributed by atoms with E-state index in [2.05, 4.69) is 5.32 Å². The van der Waals surface area contributed by atoms with Crippen LogP contribution in [0.5, 0.6) is 0 Å². The van der Waals surface area contributed by atoms with Crippen LogP contribution in [0.4, 0.5) is 11.4 Å². The molecule has 0 aliphatic carbocycles. The quantitative estimate of drug-likeness (QED) is 0.599. The number of anilines is 1. The molecule has 0 saturated heterocycles.